The zero-order valence-corrected chi connectivity index (χ0v) is 18.2. The number of hydrogen-bond acceptors (Lipinski definition) is 5. The van der Waals surface area contributed by atoms with Gasteiger partial charge < -0.3 is 14.9 Å². The highest BCUT2D eigenvalue weighted by Crippen LogP contribution is 2.40. The number of ether oxygens (including phenoxy) is 1. The summed E-state index contributed by atoms with van der Waals surface area (Å²) < 4.78 is 34.1. The molecule has 0 unspecified atom stereocenters. The molecule has 4 rings (SSSR count). The zero-order valence-electron chi connectivity index (χ0n) is 17.3. The Morgan fingerprint density at radius 1 is 0.935 bits per heavy atom. The van der Waals surface area contributed by atoms with Gasteiger partial charge in [0, 0.05) is 5.56 Å². The van der Waals surface area contributed by atoms with Crippen LogP contribution < -0.4 is 9.04 Å². The Hall–Kier alpha value is -2.87. The Balaban J connectivity index is 1.74. The molecule has 0 bridgehead atoms. The lowest BCUT2D eigenvalue weighted by molar-refractivity contribution is -0.111. The third-order valence-electron chi connectivity index (χ3n) is 5.48. The molecule has 0 saturated carbocycles. The van der Waals surface area contributed by atoms with Gasteiger partial charge in [0.05, 0.1) is 17.1 Å². The first-order valence-corrected chi connectivity index (χ1v) is 11.4. The molecule has 7 heteroatoms. The number of para-hydroxylation sites is 1. The summed E-state index contributed by atoms with van der Waals surface area (Å²) in [6.45, 7) is 3.48. The van der Waals surface area contributed by atoms with Crippen LogP contribution >= 0.6 is 0 Å². The van der Waals surface area contributed by atoms with Gasteiger partial charge in [0.15, 0.2) is 0 Å². The summed E-state index contributed by atoms with van der Waals surface area (Å²) in [7, 11) is -3.83. The van der Waals surface area contributed by atoms with Gasteiger partial charge in [0.2, 0.25) is 0 Å². The number of rotatable bonds is 5. The average Bonchev–Trinajstić information content (AvgIpc) is 2.77. The van der Waals surface area contributed by atoms with E-state index in [9.17, 15) is 18.6 Å². The Kier molecular flexibility index (Phi) is 5.51. The molecule has 2 N–H and O–H groups in total. The molecule has 6 nitrogen and oxygen atoms in total. The fourth-order valence-corrected chi connectivity index (χ4v) is 5.18. The molecule has 162 valence electrons. The van der Waals surface area contributed by atoms with Crippen LogP contribution in [0.3, 0.4) is 0 Å². The second kappa shape index (κ2) is 8.00. The van der Waals surface area contributed by atoms with Gasteiger partial charge in [-0.25, -0.2) is 8.42 Å². The molecule has 0 aliphatic carbocycles. The predicted octanol–water partition coefficient (Wildman–Crippen LogP) is 3.65. The summed E-state index contributed by atoms with van der Waals surface area (Å²) in [6.07, 6.45) is -2.23. The lowest BCUT2D eigenvalue weighted by Gasteiger charge is -2.40. The van der Waals surface area contributed by atoms with Crippen LogP contribution in [0.2, 0.25) is 0 Å². The van der Waals surface area contributed by atoms with Gasteiger partial charge in [-0.2, -0.15) is 0 Å². The van der Waals surface area contributed by atoms with Crippen LogP contribution in [-0.2, 0) is 16.6 Å². The smallest absolute Gasteiger partial charge is 0.264 e. The minimum Gasteiger partial charge on any atom is -0.485 e. The molecule has 0 spiro atoms. The van der Waals surface area contributed by atoms with E-state index >= 15 is 0 Å². The third-order valence-corrected chi connectivity index (χ3v) is 7.27. The Morgan fingerprint density at radius 3 is 2.19 bits per heavy atom. The van der Waals surface area contributed by atoms with Crippen molar-refractivity contribution in [2.75, 3.05) is 4.31 Å². The molecule has 3 aromatic carbocycles. The summed E-state index contributed by atoms with van der Waals surface area (Å²) in [5.41, 5.74) is 0.703. The molecule has 0 aromatic heterocycles. The van der Waals surface area contributed by atoms with E-state index in [1.807, 2.05) is 6.07 Å². The highest BCUT2D eigenvalue weighted by Gasteiger charge is 2.42. The molecule has 3 aromatic rings. The van der Waals surface area contributed by atoms with Crippen LogP contribution in [0.15, 0.2) is 83.8 Å². The lowest BCUT2D eigenvalue weighted by Crippen LogP contribution is -2.48. The topological polar surface area (TPSA) is 87.1 Å². The van der Waals surface area contributed by atoms with E-state index < -0.39 is 27.8 Å². The maximum atomic E-state index is 13.4. The van der Waals surface area contributed by atoms with Crippen molar-refractivity contribution in [3.8, 4) is 5.75 Å². The molecule has 0 saturated heterocycles. The van der Waals surface area contributed by atoms with Crippen molar-refractivity contribution >= 4 is 15.7 Å². The van der Waals surface area contributed by atoms with E-state index in [2.05, 4.69) is 0 Å². The maximum absolute atomic E-state index is 13.4. The number of nitrogens with zero attached hydrogens (tertiary/aromatic N) is 1. The van der Waals surface area contributed by atoms with Gasteiger partial charge in [0.1, 0.15) is 23.6 Å². The zero-order chi connectivity index (χ0) is 22.2. The number of fused-ring (bicyclic) bond motifs is 1. The number of hydrogen-bond donors (Lipinski definition) is 2. The number of aliphatic hydroxyl groups excluding tert-OH is 2. The van der Waals surface area contributed by atoms with E-state index in [0.29, 0.717) is 22.6 Å². The first-order chi connectivity index (χ1) is 14.7. The summed E-state index contributed by atoms with van der Waals surface area (Å²) in [5, 5.41) is 21.0. The van der Waals surface area contributed by atoms with Gasteiger partial charge in [-0.3, -0.25) is 4.31 Å². The molecule has 1 aliphatic heterocycles. The summed E-state index contributed by atoms with van der Waals surface area (Å²) >= 11 is 0. The highest BCUT2D eigenvalue weighted by molar-refractivity contribution is 7.92. The van der Waals surface area contributed by atoms with Crippen LogP contribution in [0.1, 0.15) is 31.1 Å². The van der Waals surface area contributed by atoms with Gasteiger partial charge in [-0.15, -0.1) is 0 Å². The van der Waals surface area contributed by atoms with Crippen molar-refractivity contribution in [2.24, 2.45) is 0 Å². The number of aliphatic hydroxyl groups is 2. The lowest BCUT2D eigenvalue weighted by atomic mass is 9.88. The number of anilines is 1. The normalized spacial score (nSPS) is 19.9. The minimum atomic E-state index is -3.83. The third kappa shape index (κ3) is 4.04. The van der Waals surface area contributed by atoms with E-state index in [1.54, 1.807) is 86.6 Å². The molecule has 0 amide bonds. The SMILES string of the molecule is CC1(C)Oc2ccc(CN(c3ccccc3)S(=O)(=O)c3ccccc3)cc2[C@H](O)[C@H]1O. The largest absolute Gasteiger partial charge is 0.485 e. The van der Waals surface area contributed by atoms with E-state index in [4.69, 9.17) is 4.74 Å². The minimum absolute atomic E-state index is 0.0563. The Morgan fingerprint density at radius 2 is 1.55 bits per heavy atom. The van der Waals surface area contributed by atoms with Gasteiger partial charge in [-0.05, 0) is 55.8 Å². The van der Waals surface area contributed by atoms with Crippen molar-refractivity contribution < 1.29 is 23.4 Å². The van der Waals surface area contributed by atoms with Gasteiger partial charge >= 0.3 is 0 Å². The van der Waals surface area contributed by atoms with Crippen molar-refractivity contribution in [1.29, 1.82) is 0 Å². The Bertz CT molecular complexity index is 1160. The molecule has 1 heterocycles. The van der Waals surface area contributed by atoms with E-state index in [0.717, 1.165) is 0 Å². The first-order valence-electron chi connectivity index (χ1n) is 10.0. The molecule has 1 aliphatic rings. The van der Waals surface area contributed by atoms with Crippen molar-refractivity contribution in [3.05, 3.63) is 90.0 Å². The predicted molar refractivity (Wildman–Crippen MR) is 118 cm³/mol. The van der Waals surface area contributed by atoms with E-state index in [-0.39, 0.29) is 11.4 Å². The standard InChI is InChI=1S/C24H25NO5S/c1-24(2)23(27)22(26)20-15-17(13-14-21(20)30-24)16-25(18-9-5-3-6-10-18)31(28,29)19-11-7-4-8-12-19/h3-15,22-23,26-27H,16H2,1-2H3/t22-,23+/m0/s1. The highest BCUT2D eigenvalue weighted by atomic mass is 32.2. The first kappa shape index (κ1) is 21.4. The van der Waals surface area contributed by atoms with Gasteiger partial charge in [0.25, 0.3) is 10.0 Å². The summed E-state index contributed by atoms with van der Waals surface area (Å²) in [4.78, 5) is 0.192. The summed E-state index contributed by atoms with van der Waals surface area (Å²) in [6, 6.07) is 22.3. The number of sulfonamides is 1. The van der Waals surface area contributed by atoms with Crippen LogP contribution in [0.4, 0.5) is 5.69 Å². The fourth-order valence-electron chi connectivity index (χ4n) is 3.71. The molecular weight excluding hydrogens is 414 g/mol. The van der Waals surface area contributed by atoms with Crippen molar-refractivity contribution in [3.63, 3.8) is 0 Å². The molecule has 2 atom stereocenters. The van der Waals surface area contributed by atoms with Crippen LogP contribution in [0.5, 0.6) is 5.75 Å². The fraction of sp³-hybridized carbons (Fsp3) is 0.250. The van der Waals surface area contributed by atoms with Crippen LogP contribution in [0, 0.1) is 0 Å². The van der Waals surface area contributed by atoms with Crippen LogP contribution in [-0.4, -0.2) is 30.3 Å². The van der Waals surface area contributed by atoms with Gasteiger partial charge in [-0.1, -0.05) is 42.5 Å². The van der Waals surface area contributed by atoms with E-state index in [1.165, 1.54) is 4.31 Å². The average molecular weight is 440 g/mol. The monoisotopic (exact) mass is 439 g/mol. The number of benzene rings is 3. The van der Waals surface area contributed by atoms with Crippen molar-refractivity contribution in [2.45, 2.75) is 43.1 Å². The Labute approximate surface area is 182 Å². The molecule has 0 radical (unpaired) electrons. The molecule has 31 heavy (non-hydrogen) atoms. The van der Waals surface area contributed by atoms with Crippen molar-refractivity contribution in [1.82, 2.24) is 0 Å². The molecule has 0 fully saturated rings. The summed E-state index contributed by atoms with van der Waals surface area (Å²) in [5.74, 6) is 0.476. The second-order valence-electron chi connectivity index (χ2n) is 8.13. The molecular formula is C24H25NO5S. The second-order valence-corrected chi connectivity index (χ2v) is 9.99. The maximum Gasteiger partial charge on any atom is 0.264 e. The van der Waals surface area contributed by atoms with Crippen LogP contribution in [0.25, 0.3) is 0 Å². The quantitative estimate of drug-likeness (QED) is 0.634.